The SMILES string of the molecule is C[C@@H](c1ccccc1)N1CCC1C(O)(C1CCCCC1)C1CCCCC1. The summed E-state index contributed by atoms with van der Waals surface area (Å²) in [7, 11) is 0. The van der Waals surface area contributed by atoms with Crippen LogP contribution in [0.25, 0.3) is 0 Å². The van der Waals surface area contributed by atoms with Crippen molar-refractivity contribution in [1.29, 1.82) is 0 Å². The second-order valence-electron chi connectivity index (χ2n) is 9.19. The Morgan fingerprint density at radius 3 is 1.85 bits per heavy atom. The van der Waals surface area contributed by atoms with Gasteiger partial charge >= 0.3 is 0 Å². The van der Waals surface area contributed by atoms with Crippen LogP contribution in [0.1, 0.15) is 89.2 Å². The molecule has 3 aliphatic rings. The fourth-order valence-corrected chi connectivity index (χ4v) is 6.30. The van der Waals surface area contributed by atoms with E-state index in [9.17, 15) is 5.11 Å². The van der Waals surface area contributed by atoms with Crippen LogP contribution in [0.2, 0.25) is 0 Å². The zero-order valence-corrected chi connectivity index (χ0v) is 16.6. The normalized spacial score (nSPS) is 27.8. The second-order valence-corrected chi connectivity index (χ2v) is 9.19. The molecule has 0 aromatic heterocycles. The third-order valence-electron chi connectivity index (χ3n) is 7.89. The van der Waals surface area contributed by atoms with Crippen LogP contribution in [0.5, 0.6) is 0 Å². The summed E-state index contributed by atoms with van der Waals surface area (Å²) in [5.41, 5.74) is 0.939. The first-order valence-electron chi connectivity index (χ1n) is 11.2. The highest BCUT2D eigenvalue weighted by Crippen LogP contribution is 2.50. The van der Waals surface area contributed by atoms with Crippen LogP contribution >= 0.6 is 0 Å². The lowest BCUT2D eigenvalue weighted by atomic mass is 9.60. The molecule has 26 heavy (non-hydrogen) atoms. The molecule has 1 N–H and O–H groups in total. The zero-order chi connectivity index (χ0) is 18.0. The Morgan fingerprint density at radius 2 is 1.38 bits per heavy atom. The molecule has 0 spiro atoms. The van der Waals surface area contributed by atoms with E-state index in [1.165, 1.54) is 76.2 Å². The lowest BCUT2D eigenvalue weighted by Crippen LogP contribution is -2.67. The summed E-state index contributed by atoms with van der Waals surface area (Å²) < 4.78 is 0. The molecule has 2 aliphatic carbocycles. The van der Waals surface area contributed by atoms with Crippen molar-refractivity contribution in [2.24, 2.45) is 11.8 Å². The van der Waals surface area contributed by atoms with E-state index in [0.29, 0.717) is 23.9 Å². The van der Waals surface area contributed by atoms with E-state index >= 15 is 0 Å². The Kier molecular flexibility index (Phi) is 5.71. The Labute approximate surface area is 160 Å². The standard InChI is InChI=1S/C24H37NO/c1-19(20-11-5-2-6-12-20)25-18-17-23(25)24(26,21-13-7-3-8-14-21)22-15-9-4-10-16-22/h2,5-6,11-12,19,21-23,26H,3-4,7-10,13-18H2,1H3/t19-,23?/m0/s1. The third-order valence-corrected chi connectivity index (χ3v) is 7.89. The zero-order valence-electron chi connectivity index (χ0n) is 16.6. The minimum Gasteiger partial charge on any atom is -0.388 e. The van der Waals surface area contributed by atoms with Crippen molar-refractivity contribution in [2.45, 2.75) is 95.2 Å². The van der Waals surface area contributed by atoms with Gasteiger partial charge in [-0.2, -0.15) is 0 Å². The largest absolute Gasteiger partial charge is 0.388 e. The van der Waals surface area contributed by atoms with E-state index in [4.69, 9.17) is 0 Å². The molecule has 2 nitrogen and oxygen atoms in total. The fourth-order valence-electron chi connectivity index (χ4n) is 6.30. The van der Waals surface area contributed by atoms with Crippen LogP contribution in [0.15, 0.2) is 30.3 Å². The second kappa shape index (κ2) is 8.02. The van der Waals surface area contributed by atoms with Crippen molar-refractivity contribution in [3.8, 4) is 0 Å². The molecule has 0 radical (unpaired) electrons. The molecular weight excluding hydrogens is 318 g/mol. The summed E-state index contributed by atoms with van der Waals surface area (Å²) in [6, 6.07) is 11.7. The Balaban J connectivity index is 1.58. The summed E-state index contributed by atoms with van der Waals surface area (Å²) in [5.74, 6) is 1.05. The summed E-state index contributed by atoms with van der Waals surface area (Å²) in [5, 5.41) is 12.3. The highest BCUT2D eigenvalue weighted by Gasteiger charge is 2.54. The topological polar surface area (TPSA) is 23.5 Å². The number of aliphatic hydroxyl groups is 1. The van der Waals surface area contributed by atoms with E-state index < -0.39 is 5.60 Å². The van der Waals surface area contributed by atoms with E-state index in [1.807, 2.05) is 0 Å². The smallest absolute Gasteiger partial charge is 0.0858 e. The first-order chi connectivity index (χ1) is 12.7. The van der Waals surface area contributed by atoms with Gasteiger partial charge in [0.1, 0.15) is 0 Å². The van der Waals surface area contributed by atoms with Crippen LogP contribution in [0.4, 0.5) is 0 Å². The molecule has 0 bridgehead atoms. The van der Waals surface area contributed by atoms with Crippen molar-refractivity contribution in [2.75, 3.05) is 6.54 Å². The maximum Gasteiger partial charge on any atom is 0.0858 e. The summed E-state index contributed by atoms with van der Waals surface area (Å²) in [6.07, 6.45) is 14.2. The maximum atomic E-state index is 12.3. The van der Waals surface area contributed by atoms with Gasteiger partial charge in [-0.15, -0.1) is 0 Å². The monoisotopic (exact) mass is 355 g/mol. The molecule has 4 rings (SSSR count). The molecule has 3 fully saturated rings. The first-order valence-corrected chi connectivity index (χ1v) is 11.2. The van der Waals surface area contributed by atoms with Gasteiger partial charge in [0.15, 0.2) is 0 Å². The van der Waals surface area contributed by atoms with Gasteiger partial charge in [0.05, 0.1) is 5.60 Å². The Bertz CT molecular complexity index is 541. The van der Waals surface area contributed by atoms with Gasteiger partial charge in [0.2, 0.25) is 0 Å². The van der Waals surface area contributed by atoms with Gasteiger partial charge in [-0.25, -0.2) is 0 Å². The third kappa shape index (κ3) is 3.36. The molecule has 2 heteroatoms. The maximum absolute atomic E-state index is 12.3. The number of benzene rings is 1. The molecule has 1 aromatic carbocycles. The average Bonchev–Trinajstić information content (AvgIpc) is 2.69. The van der Waals surface area contributed by atoms with Gasteiger partial charge in [-0.3, -0.25) is 4.90 Å². The van der Waals surface area contributed by atoms with Crippen molar-refractivity contribution in [3.63, 3.8) is 0 Å². The van der Waals surface area contributed by atoms with Gasteiger partial charge in [-0.1, -0.05) is 68.9 Å². The number of hydrogen-bond donors (Lipinski definition) is 1. The quantitative estimate of drug-likeness (QED) is 0.731. The van der Waals surface area contributed by atoms with Crippen LogP contribution in [-0.2, 0) is 0 Å². The van der Waals surface area contributed by atoms with Crippen molar-refractivity contribution in [1.82, 2.24) is 4.90 Å². The van der Waals surface area contributed by atoms with Gasteiger partial charge in [0.25, 0.3) is 0 Å². The molecule has 144 valence electrons. The summed E-state index contributed by atoms with van der Waals surface area (Å²) in [4.78, 5) is 2.62. The Hall–Kier alpha value is -0.860. The van der Waals surface area contributed by atoms with E-state index in [-0.39, 0.29) is 0 Å². The van der Waals surface area contributed by atoms with Crippen LogP contribution < -0.4 is 0 Å². The average molecular weight is 356 g/mol. The van der Waals surface area contributed by atoms with Gasteiger partial charge < -0.3 is 5.11 Å². The predicted molar refractivity (Wildman–Crippen MR) is 108 cm³/mol. The molecule has 1 heterocycles. The van der Waals surface area contributed by atoms with Crippen LogP contribution in [-0.4, -0.2) is 28.2 Å². The van der Waals surface area contributed by atoms with Crippen molar-refractivity contribution in [3.05, 3.63) is 35.9 Å². The summed E-state index contributed by atoms with van der Waals surface area (Å²) in [6.45, 7) is 3.48. The molecule has 1 aliphatic heterocycles. The molecule has 1 unspecified atom stereocenters. The minimum atomic E-state index is -0.456. The number of nitrogens with zero attached hydrogens (tertiary/aromatic N) is 1. The molecule has 0 amide bonds. The molecular formula is C24H37NO. The predicted octanol–water partition coefficient (Wildman–Crippen LogP) is 5.71. The van der Waals surface area contributed by atoms with Crippen molar-refractivity contribution < 1.29 is 5.11 Å². The lowest BCUT2D eigenvalue weighted by molar-refractivity contribution is -0.182. The number of likely N-dealkylation sites (tertiary alicyclic amines) is 1. The molecule has 2 atom stereocenters. The van der Waals surface area contributed by atoms with Crippen LogP contribution in [0, 0.1) is 11.8 Å². The molecule has 2 saturated carbocycles. The van der Waals surface area contributed by atoms with Crippen molar-refractivity contribution >= 4 is 0 Å². The van der Waals surface area contributed by atoms with Gasteiger partial charge in [-0.05, 0) is 56.4 Å². The number of rotatable bonds is 5. The Morgan fingerprint density at radius 1 is 0.846 bits per heavy atom. The van der Waals surface area contributed by atoms with Gasteiger partial charge in [0, 0.05) is 18.6 Å². The highest BCUT2D eigenvalue weighted by molar-refractivity contribution is 5.20. The van der Waals surface area contributed by atoms with E-state index in [1.54, 1.807) is 0 Å². The minimum absolute atomic E-state index is 0.365. The first kappa shape index (κ1) is 18.5. The lowest BCUT2D eigenvalue weighted by Gasteiger charge is -2.59. The van der Waals surface area contributed by atoms with Crippen LogP contribution in [0.3, 0.4) is 0 Å². The molecule has 1 saturated heterocycles. The summed E-state index contributed by atoms with van der Waals surface area (Å²) >= 11 is 0. The fraction of sp³-hybridized carbons (Fsp3) is 0.750. The van der Waals surface area contributed by atoms with E-state index in [0.717, 1.165) is 6.54 Å². The number of hydrogen-bond acceptors (Lipinski definition) is 2. The van der Waals surface area contributed by atoms with E-state index in [2.05, 4.69) is 42.2 Å². The molecule has 1 aromatic rings. The highest BCUT2D eigenvalue weighted by atomic mass is 16.3.